The lowest BCUT2D eigenvalue weighted by molar-refractivity contribution is -0.130. The Kier molecular flexibility index (Phi) is 12.4. The lowest BCUT2D eigenvalue weighted by Gasteiger charge is -2.38. The van der Waals surface area contributed by atoms with Gasteiger partial charge in [-0.25, -0.2) is 0 Å². The number of rotatable bonds is 13. The average Bonchev–Trinajstić information content (AvgIpc) is 2.86. The molecule has 0 saturated carbocycles. The lowest BCUT2D eigenvalue weighted by Crippen LogP contribution is -2.48. The van der Waals surface area contributed by atoms with Gasteiger partial charge in [0.1, 0.15) is 0 Å². The van der Waals surface area contributed by atoms with Crippen molar-refractivity contribution in [2.75, 3.05) is 32.7 Å². The highest BCUT2D eigenvalue weighted by Crippen LogP contribution is 2.40. The van der Waals surface area contributed by atoms with Crippen molar-refractivity contribution in [3.63, 3.8) is 0 Å². The molecule has 44 heavy (non-hydrogen) atoms. The van der Waals surface area contributed by atoms with Crippen molar-refractivity contribution >= 4 is 23.4 Å². The fraction of sp³-hybridized carbons (Fsp3) is 0.667. The molecule has 0 saturated heterocycles. The number of allylic oxidation sites excluding steroid dienone is 6. The van der Waals surface area contributed by atoms with Crippen molar-refractivity contribution in [3.8, 4) is 0 Å². The number of ketones is 2. The quantitative estimate of drug-likeness (QED) is 0.154. The van der Waals surface area contributed by atoms with Crippen molar-refractivity contribution in [3.05, 3.63) is 45.8 Å². The van der Waals surface area contributed by atoms with Gasteiger partial charge in [0.2, 0.25) is 0 Å². The van der Waals surface area contributed by atoms with E-state index in [0.29, 0.717) is 45.6 Å². The van der Waals surface area contributed by atoms with Crippen LogP contribution in [-0.4, -0.2) is 71.4 Å². The molecule has 246 valence electrons. The van der Waals surface area contributed by atoms with E-state index < -0.39 is 0 Å². The van der Waals surface area contributed by atoms with E-state index in [9.17, 15) is 19.2 Å². The molecule has 0 aromatic heterocycles. The summed E-state index contributed by atoms with van der Waals surface area (Å²) in [6, 6.07) is 0. The molecular weight excluding hydrogens is 552 g/mol. The first-order valence-electron chi connectivity index (χ1n) is 16.3. The van der Waals surface area contributed by atoms with Gasteiger partial charge in [-0.15, -0.1) is 0 Å². The minimum atomic E-state index is -0.379. The number of hydrogen-bond acceptors (Lipinski definition) is 6. The molecule has 0 radical (unpaired) electrons. The topological polar surface area (TPSA) is 98.8 Å². The van der Waals surface area contributed by atoms with Crippen LogP contribution in [-0.2, 0) is 19.2 Å². The van der Waals surface area contributed by atoms with Gasteiger partial charge in [0.15, 0.2) is 11.6 Å². The van der Waals surface area contributed by atoms with E-state index in [1.165, 1.54) is 13.8 Å². The number of nitrogens with one attached hydrogen (secondary N) is 2. The van der Waals surface area contributed by atoms with E-state index in [1.807, 2.05) is 39.8 Å². The zero-order valence-corrected chi connectivity index (χ0v) is 29.5. The van der Waals surface area contributed by atoms with Crippen LogP contribution in [0.2, 0.25) is 0 Å². The first-order chi connectivity index (χ1) is 20.3. The second-order valence-corrected chi connectivity index (χ2v) is 14.6. The van der Waals surface area contributed by atoms with E-state index in [1.54, 1.807) is 9.80 Å². The van der Waals surface area contributed by atoms with Crippen LogP contribution in [0.5, 0.6) is 0 Å². The molecule has 8 heteroatoms. The minimum absolute atomic E-state index is 0.121. The fourth-order valence-corrected chi connectivity index (χ4v) is 6.51. The number of carbonyl (C=O) groups excluding carboxylic acids is 4. The average molecular weight is 611 g/mol. The van der Waals surface area contributed by atoms with Crippen LogP contribution in [0.1, 0.15) is 109 Å². The van der Waals surface area contributed by atoms with E-state index in [2.05, 4.69) is 52.2 Å². The zero-order chi connectivity index (χ0) is 33.6. The summed E-state index contributed by atoms with van der Waals surface area (Å²) in [6.07, 6.45) is 6.91. The molecule has 2 aliphatic rings. The second-order valence-electron chi connectivity index (χ2n) is 14.6. The first-order valence-corrected chi connectivity index (χ1v) is 16.3. The normalized spacial score (nSPS) is 20.1. The summed E-state index contributed by atoms with van der Waals surface area (Å²) in [6.45, 7) is 26.4. The maximum absolute atomic E-state index is 13.3. The van der Waals surface area contributed by atoms with Crippen molar-refractivity contribution in [2.45, 2.75) is 114 Å². The molecule has 0 aromatic carbocycles. The van der Waals surface area contributed by atoms with Crippen molar-refractivity contribution in [2.24, 2.45) is 10.8 Å². The second kappa shape index (κ2) is 14.7. The standard InChI is InChI=1S/C36H58N4O4/c1-13-39(14-2)32(43)30(24(5)41)26-17-28(21-34(7,8)19-26)37-23-36(11,12)38-29-18-27(20-35(9,10)22-29)31(25(6)42)33(44)40(15-3)16-4/h17-18,37-38H,13-16,19-23H2,1-12H3/b30-26-,31-27-. The number of Topliss-reactive ketones (excluding diaryl/α,β-unsaturated/α-hetero) is 2. The number of nitrogens with zero attached hydrogens (tertiary/aromatic N) is 2. The highest BCUT2D eigenvalue weighted by molar-refractivity contribution is 6.20. The van der Waals surface area contributed by atoms with E-state index >= 15 is 0 Å². The molecule has 0 heterocycles. The van der Waals surface area contributed by atoms with Gasteiger partial charge in [-0.1, -0.05) is 27.7 Å². The van der Waals surface area contributed by atoms with Gasteiger partial charge < -0.3 is 20.4 Å². The van der Waals surface area contributed by atoms with Crippen LogP contribution >= 0.6 is 0 Å². The van der Waals surface area contributed by atoms with Crippen molar-refractivity contribution in [1.29, 1.82) is 0 Å². The van der Waals surface area contributed by atoms with Crippen LogP contribution in [0.25, 0.3) is 0 Å². The molecule has 0 spiro atoms. The molecule has 2 amide bonds. The van der Waals surface area contributed by atoms with E-state index in [0.717, 1.165) is 35.4 Å². The van der Waals surface area contributed by atoms with Gasteiger partial charge in [0.05, 0.1) is 11.1 Å². The molecule has 0 unspecified atom stereocenters. The van der Waals surface area contributed by atoms with Crippen molar-refractivity contribution in [1.82, 2.24) is 20.4 Å². The summed E-state index contributed by atoms with van der Waals surface area (Å²) in [4.78, 5) is 55.6. The van der Waals surface area contributed by atoms with E-state index in [4.69, 9.17) is 0 Å². The molecular formula is C36H58N4O4. The molecule has 0 fully saturated rings. The third-order valence-corrected chi connectivity index (χ3v) is 8.50. The molecule has 2 N–H and O–H groups in total. The molecule has 8 nitrogen and oxygen atoms in total. The number of hydrogen-bond donors (Lipinski definition) is 2. The van der Waals surface area contributed by atoms with Gasteiger partial charge in [0.25, 0.3) is 11.8 Å². The zero-order valence-electron chi connectivity index (χ0n) is 29.5. The Labute approximate surface area is 266 Å². The predicted molar refractivity (Wildman–Crippen MR) is 179 cm³/mol. The fourth-order valence-electron chi connectivity index (χ4n) is 6.51. The Balaban J connectivity index is 2.41. The van der Waals surface area contributed by atoms with Gasteiger partial charge in [-0.2, -0.15) is 0 Å². The van der Waals surface area contributed by atoms with Crippen molar-refractivity contribution < 1.29 is 19.2 Å². The SMILES string of the molecule is CCN(CC)C(=O)/C(C(C)=O)=C1/C=C(NCC(C)(C)NC2=C/C(=C(\C(C)=O)C(=O)N(CC)CC)CC(C)(C)C2)CC(C)(C)C1. The monoisotopic (exact) mass is 610 g/mol. The Morgan fingerprint density at radius 3 is 1.41 bits per heavy atom. The third-order valence-electron chi connectivity index (χ3n) is 8.50. The highest BCUT2D eigenvalue weighted by atomic mass is 16.2. The summed E-state index contributed by atoms with van der Waals surface area (Å²) in [5.74, 6) is -0.807. The van der Waals surface area contributed by atoms with Crippen LogP contribution < -0.4 is 10.6 Å². The maximum Gasteiger partial charge on any atom is 0.257 e. The molecule has 0 aromatic rings. The predicted octanol–water partition coefficient (Wildman–Crippen LogP) is 5.86. The molecule has 2 rings (SSSR count). The molecule has 0 aliphatic heterocycles. The van der Waals surface area contributed by atoms with Crippen LogP contribution in [0.3, 0.4) is 0 Å². The summed E-state index contributed by atoms with van der Waals surface area (Å²) in [5, 5.41) is 7.33. The summed E-state index contributed by atoms with van der Waals surface area (Å²) in [7, 11) is 0. The molecule has 0 atom stereocenters. The Bertz CT molecular complexity index is 1250. The van der Waals surface area contributed by atoms with Gasteiger partial charge in [0, 0.05) is 49.7 Å². The van der Waals surface area contributed by atoms with Gasteiger partial charge >= 0.3 is 0 Å². The largest absolute Gasteiger partial charge is 0.386 e. The third kappa shape index (κ3) is 9.67. The minimum Gasteiger partial charge on any atom is -0.386 e. The maximum atomic E-state index is 13.3. The summed E-state index contributed by atoms with van der Waals surface area (Å²) in [5.41, 5.74) is 3.52. The Hall–Kier alpha value is -3.16. The summed E-state index contributed by atoms with van der Waals surface area (Å²) >= 11 is 0. The van der Waals surface area contributed by atoms with Gasteiger partial charge in [-0.3, -0.25) is 19.2 Å². The lowest BCUT2D eigenvalue weighted by atomic mass is 9.75. The van der Waals surface area contributed by atoms with Crippen LogP contribution in [0.15, 0.2) is 45.8 Å². The summed E-state index contributed by atoms with van der Waals surface area (Å²) < 4.78 is 0. The molecule has 2 aliphatic carbocycles. The number of amides is 2. The number of likely N-dealkylation sites (N-methyl/N-ethyl adjacent to an activating group) is 2. The van der Waals surface area contributed by atoms with Gasteiger partial charge in [-0.05, 0) is 115 Å². The van der Waals surface area contributed by atoms with Crippen LogP contribution in [0, 0.1) is 10.8 Å². The van der Waals surface area contributed by atoms with E-state index in [-0.39, 0.29) is 50.9 Å². The smallest absolute Gasteiger partial charge is 0.257 e. The highest BCUT2D eigenvalue weighted by Gasteiger charge is 2.34. The number of carbonyl (C=O) groups is 4. The Morgan fingerprint density at radius 2 is 1.05 bits per heavy atom. The first kappa shape index (κ1) is 37.0. The molecule has 0 bridgehead atoms. The van der Waals surface area contributed by atoms with Crippen LogP contribution in [0.4, 0.5) is 0 Å². The Morgan fingerprint density at radius 1 is 0.682 bits per heavy atom.